The lowest BCUT2D eigenvalue weighted by atomic mass is 9.83. The van der Waals surface area contributed by atoms with Crippen molar-refractivity contribution in [3.05, 3.63) is 77.1 Å². The summed E-state index contributed by atoms with van der Waals surface area (Å²) < 4.78 is 18.9. The number of allylic oxidation sites excluding steroid dienone is 2. The lowest BCUT2D eigenvalue weighted by Crippen LogP contribution is -2.22. The van der Waals surface area contributed by atoms with E-state index in [2.05, 4.69) is 17.6 Å². The van der Waals surface area contributed by atoms with Gasteiger partial charge in [0.05, 0.1) is 25.8 Å². The van der Waals surface area contributed by atoms with Crippen LogP contribution in [0.3, 0.4) is 0 Å². The number of fused-ring (bicyclic) bond motifs is 3. The number of nitrogens with two attached hydrogens (primary N) is 1. The SMILES string of the molecule is C=CCc1cc(C2C(C#N)=C(N)Oc3c2ccn2cc(C)nc32)cc(OC)c1OC. The molecule has 1 aromatic carbocycles. The normalized spacial score (nSPS) is 15.3. The zero-order chi connectivity index (χ0) is 21.4. The molecule has 0 amide bonds. The number of nitrogens with zero attached hydrogens (tertiary/aromatic N) is 3. The maximum Gasteiger partial charge on any atom is 0.205 e. The van der Waals surface area contributed by atoms with Crippen molar-refractivity contribution in [3.8, 4) is 23.3 Å². The van der Waals surface area contributed by atoms with Crippen molar-refractivity contribution in [3.63, 3.8) is 0 Å². The number of benzene rings is 1. The summed E-state index contributed by atoms with van der Waals surface area (Å²) >= 11 is 0. The second kappa shape index (κ2) is 7.48. The Bertz CT molecular complexity index is 1230. The molecule has 30 heavy (non-hydrogen) atoms. The summed E-state index contributed by atoms with van der Waals surface area (Å²) in [6.07, 6.45) is 6.20. The number of ether oxygens (including phenoxy) is 3. The van der Waals surface area contributed by atoms with Crippen molar-refractivity contribution in [2.24, 2.45) is 5.73 Å². The summed E-state index contributed by atoms with van der Waals surface area (Å²) in [5.74, 6) is 1.41. The maximum atomic E-state index is 9.88. The average molecular weight is 402 g/mol. The number of nitriles is 1. The van der Waals surface area contributed by atoms with Crippen LogP contribution in [0.5, 0.6) is 17.2 Å². The van der Waals surface area contributed by atoms with Crippen LogP contribution in [0.2, 0.25) is 0 Å². The molecule has 0 fully saturated rings. The molecule has 0 bridgehead atoms. The van der Waals surface area contributed by atoms with Crippen LogP contribution in [-0.2, 0) is 6.42 Å². The fourth-order valence-electron chi connectivity index (χ4n) is 3.96. The zero-order valence-electron chi connectivity index (χ0n) is 17.1. The molecule has 0 aliphatic carbocycles. The fraction of sp³-hybridized carbons (Fsp3) is 0.217. The Hall–Kier alpha value is -3.92. The van der Waals surface area contributed by atoms with Gasteiger partial charge in [-0.1, -0.05) is 12.1 Å². The van der Waals surface area contributed by atoms with Gasteiger partial charge in [-0.3, -0.25) is 0 Å². The highest BCUT2D eigenvalue weighted by Crippen LogP contribution is 2.46. The van der Waals surface area contributed by atoms with Crippen LogP contribution in [0.1, 0.15) is 28.3 Å². The molecule has 0 radical (unpaired) electrons. The molecule has 1 aliphatic rings. The Kier molecular flexibility index (Phi) is 4.84. The predicted octanol–water partition coefficient (Wildman–Crippen LogP) is 3.61. The standard InChI is InChI=1S/C23H22N4O3/c1-5-6-14-9-15(10-18(28-3)20(14)29-4)19-16-7-8-27-12-13(2)26-23(27)21(16)30-22(25)17(19)11-24/h5,7-10,12,19H,1,6,25H2,2-4H3. The fourth-order valence-corrected chi connectivity index (χ4v) is 3.96. The van der Waals surface area contributed by atoms with Gasteiger partial charge in [0, 0.05) is 23.5 Å². The molecule has 2 N–H and O–H groups in total. The summed E-state index contributed by atoms with van der Waals surface area (Å²) in [6.45, 7) is 5.75. The third kappa shape index (κ3) is 2.94. The molecule has 4 rings (SSSR count). The third-order valence-electron chi connectivity index (χ3n) is 5.21. The van der Waals surface area contributed by atoms with Crippen molar-refractivity contribution in [2.45, 2.75) is 19.3 Å². The molecular weight excluding hydrogens is 380 g/mol. The first-order valence-electron chi connectivity index (χ1n) is 9.43. The number of pyridine rings is 1. The molecule has 0 saturated heterocycles. The highest BCUT2D eigenvalue weighted by atomic mass is 16.5. The monoisotopic (exact) mass is 402 g/mol. The molecule has 2 aromatic heterocycles. The van der Waals surface area contributed by atoms with Crippen LogP contribution in [0.4, 0.5) is 0 Å². The van der Waals surface area contributed by atoms with Crippen molar-refractivity contribution in [2.75, 3.05) is 14.2 Å². The lowest BCUT2D eigenvalue weighted by Gasteiger charge is -2.27. The summed E-state index contributed by atoms with van der Waals surface area (Å²) in [7, 11) is 3.19. The number of hydrogen-bond donors (Lipinski definition) is 1. The van der Waals surface area contributed by atoms with E-state index < -0.39 is 5.92 Å². The van der Waals surface area contributed by atoms with Crippen LogP contribution in [-0.4, -0.2) is 23.6 Å². The third-order valence-corrected chi connectivity index (χ3v) is 5.21. The molecule has 7 heteroatoms. The number of aryl methyl sites for hydroxylation is 1. The number of methoxy groups -OCH3 is 2. The van der Waals surface area contributed by atoms with E-state index in [1.807, 2.05) is 41.9 Å². The Morgan fingerprint density at radius 1 is 1.37 bits per heavy atom. The van der Waals surface area contributed by atoms with E-state index in [1.54, 1.807) is 20.3 Å². The lowest BCUT2D eigenvalue weighted by molar-refractivity contribution is 0.351. The molecule has 7 nitrogen and oxygen atoms in total. The van der Waals surface area contributed by atoms with Crippen LogP contribution < -0.4 is 19.9 Å². The minimum Gasteiger partial charge on any atom is -0.493 e. The number of aromatic nitrogens is 2. The van der Waals surface area contributed by atoms with Crippen LogP contribution in [0.15, 0.2) is 54.7 Å². The van der Waals surface area contributed by atoms with E-state index in [-0.39, 0.29) is 5.88 Å². The molecule has 1 unspecified atom stereocenters. The van der Waals surface area contributed by atoms with E-state index in [0.29, 0.717) is 34.9 Å². The number of rotatable bonds is 5. The van der Waals surface area contributed by atoms with Crippen molar-refractivity contribution in [1.82, 2.24) is 9.38 Å². The molecule has 1 aliphatic heterocycles. The quantitative estimate of drug-likeness (QED) is 0.655. The van der Waals surface area contributed by atoms with E-state index in [1.165, 1.54) is 0 Å². The number of hydrogen-bond acceptors (Lipinski definition) is 6. The molecule has 1 atom stereocenters. The first-order chi connectivity index (χ1) is 14.5. The predicted molar refractivity (Wildman–Crippen MR) is 113 cm³/mol. The highest BCUT2D eigenvalue weighted by molar-refractivity contribution is 5.67. The smallest absolute Gasteiger partial charge is 0.205 e. The van der Waals surface area contributed by atoms with E-state index in [9.17, 15) is 5.26 Å². The highest BCUT2D eigenvalue weighted by Gasteiger charge is 2.33. The van der Waals surface area contributed by atoms with Gasteiger partial charge in [0.15, 0.2) is 22.9 Å². The zero-order valence-corrected chi connectivity index (χ0v) is 17.1. The maximum absolute atomic E-state index is 9.88. The van der Waals surface area contributed by atoms with E-state index in [0.717, 1.165) is 22.4 Å². The molecule has 0 saturated carbocycles. The van der Waals surface area contributed by atoms with Gasteiger partial charge >= 0.3 is 0 Å². The topological polar surface area (TPSA) is 94.8 Å². The molecule has 152 valence electrons. The van der Waals surface area contributed by atoms with E-state index >= 15 is 0 Å². The minimum atomic E-state index is -0.427. The largest absolute Gasteiger partial charge is 0.493 e. The molecule has 3 heterocycles. The van der Waals surface area contributed by atoms with Gasteiger partial charge in [0.2, 0.25) is 5.88 Å². The second-order valence-corrected chi connectivity index (χ2v) is 7.05. The van der Waals surface area contributed by atoms with Crippen molar-refractivity contribution < 1.29 is 14.2 Å². The van der Waals surface area contributed by atoms with Crippen LogP contribution in [0.25, 0.3) is 5.65 Å². The summed E-state index contributed by atoms with van der Waals surface area (Å²) in [6, 6.07) is 8.02. The Morgan fingerprint density at radius 2 is 2.17 bits per heavy atom. The Labute approximate surface area is 174 Å². The summed E-state index contributed by atoms with van der Waals surface area (Å²) in [5, 5.41) is 9.88. The second-order valence-electron chi connectivity index (χ2n) is 7.05. The summed E-state index contributed by atoms with van der Waals surface area (Å²) in [5.41, 5.74) is 10.6. The van der Waals surface area contributed by atoms with Gasteiger partial charge in [0.25, 0.3) is 0 Å². The van der Waals surface area contributed by atoms with Crippen LogP contribution in [0, 0.1) is 18.3 Å². The van der Waals surface area contributed by atoms with Gasteiger partial charge < -0.3 is 24.3 Å². The van der Waals surface area contributed by atoms with Gasteiger partial charge in [-0.05, 0) is 31.0 Å². The van der Waals surface area contributed by atoms with Crippen molar-refractivity contribution >= 4 is 5.65 Å². The Morgan fingerprint density at radius 3 is 2.83 bits per heavy atom. The first kappa shape index (κ1) is 19.4. The average Bonchev–Trinajstić information content (AvgIpc) is 3.13. The molecule has 3 aromatic rings. The van der Waals surface area contributed by atoms with Gasteiger partial charge in [0.1, 0.15) is 11.6 Å². The van der Waals surface area contributed by atoms with Gasteiger partial charge in [-0.2, -0.15) is 5.26 Å². The van der Waals surface area contributed by atoms with Crippen LogP contribution >= 0.6 is 0 Å². The summed E-state index contributed by atoms with van der Waals surface area (Å²) in [4.78, 5) is 4.57. The number of imidazole rings is 1. The van der Waals surface area contributed by atoms with Crippen molar-refractivity contribution in [1.29, 1.82) is 5.26 Å². The minimum absolute atomic E-state index is 0.0730. The van der Waals surface area contributed by atoms with Gasteiger partial charge in [-0.15, -0.1) is 6.58 Å². The molecular formula is C23H22N4O3. The van der Waals surface area contributed by atoms with Gasteiger partial charge in [-0.25, -0.2) is 4.98 Å². The Balaban J connectivity index is 2.00. The molecule has 0 spiro atoms. The van der Waals surface area contributed by atoms with E-state index in [4.69, 9.17) is 19.9 Å². The first-order valence-corrected chi connectivity index (χ1v) is 9.43.